The zero-order chi connectivity index (χ0) is 8.84. The first-order valence-electron chi connectivity index (χ1n) is 4.35. The van der Waals surface area contributed by atoms with Crippen molar-refractivity contribution in [3.8, 4) is 0 Å². The molecule has 64 valence electrons. The fourth-order valence-corrected chi connectivity index (χ4v) is 1.91. The molecule has 2 aromatic rings. The second-order valence-corrected chi connectivity index (χ2v) is 3.27. The maximum absolute atomic E-state index is 11.5. The van der Waals surface area contributed by atoms with E-state index in [9.17, 15) is 4.79 Å². The van der Waals surface area contributed by atoms with Crippen LogP contribution in [0.25, 0.3) is 11.0 Å². The predicted molar refractivity (Wildman–Crippen MR) is 48.7 cm³/mol. The Hall–Kier alpha value is -1.64. The van der Waals surface area contributed by atoms with E-state index in [4.69, 9.17) is 0 Å². The number of rotatable bonds is 0. The highest BCUT2D eigenvalue weighted by molar-refractivity contribution is 5.94. The van der Waals surface area contributed by atoms with E-state index in [1.54, 1.807) is 10.8 Å². The van der Waals surface area contributed by atoms with Gasteiger partial charge in [0, 0.05) is 18.3 Å². The Morgan fingerprint density at radius 2 is 2.31 bits per heavy atom. The Morgan fingerprint density at radius 3 is 3.23 bits per heavy atom. The van der Waals surface area contributed by atoms with Gasteiger partial charge in [0.25, 0.3) is 0 Å². The van der Waals surface area contributed by atoms with Crippen LogP contribution >= 0.6 is 0 Å². The van der Waals surface area contributed by atoms with Gasteiger partial charge in [-0.2, -0.15) is 0 Å². The molecule has 13 heavy (non-hydrogen) atoms. The van der Waals surface area contributed by atoms with E-state index in [1.807, 2.05) is 18.2 Å². The third-order valence-corrected chi connectivity index (χ3v) is 2.49. The molecule has 3 heteroatoms. The second kappa shape index (κ2) is 2.19. The number of hydrogen-bond acceptors (Lipinski definition) is 2. The molecule has 0 spiro atoms. The first kappa shape index (κ1) is 6.83. The van der Waals surface area contributed by atoms with Crippen LogP contribution in [-0.4, -0.2) is 15.5 Å². The summed E-state index contributed by atoms with van der Waals surface area (Å²) in [6, 6.07) is 5.80. The van der Waals surface area contributed by atoms with Crippen molar-refractivity contribution >= 4 is 16.9 Å². The van der Waals surface area contributed by atoms with Crippen molar-refractivity contribution in [3.63, 3.8) is 0 Å². The molecule has 0 bridgehead atoms. The average molecular weight is 172 g/mol. The smallest absolute Gasteiger partial charge is 0.231 e. The predicted octanol–water partition coefficient (Wildman–Crippen LogP) is 1.62. The summed E-state index contributed by atoms with van der Waals surface area (Å²) in [6.45, 7) is 0. The zero-order valence-electron chi connectivity index (χ0n) is 7.03. The van der Waals surface area contributed by atoms with Crippen LogP contribution in [0.4, 0.5) is 0 Å². The molecular weight excluding hydrogens is 164 g/mol. The van der Waals surface area contributed by atoms with Gasteiger partial charge in [0.05, 0.1) is 11.0 Å². The number of aromatic nitrogens is 2. The lowest BCUT2D eigenvalue weighted by atomic mass is 10.3. The van der Waals surface area contributed by atoms with Gasteiger partial charge >= 0.3 is 0 Å². The van der Waals surface area contributed by atoms with Crippen LogP contribution in [0.1, 0.15) is 16.9 Å². The highest BCUT2D eigenvalue weighted by atomic mass is 16.2. The van der Waals surface area contributed by atoms with Gasteiger partial charge in [-0.1, -0.05) is 0 Å². The molecule has 3 heterocycles. The Bertz CT molecular complexity index is 499. The van der Waals surface area contributed by atoms with Gasteiger partial charge in [0.1, 0.15) is 0 Å². The minimum Gasteiger partial charge on any atom is -0.283 e. The molecule has 3 rings (SSSR count). The van der Waals surface area contributed by atoms with E-state index in [0.29, 0.717) is 6.42 Å². The van der Waals surface area contributed by atoms with Crippen molar-refractivity contribution in [1.29, 1.82) is 0 Å². The first-order chi connectivity index (χ1) is 6.36. The Morgan fingerprint density at radius 1 is 1.38 bits per heavy atom. The minimum absolute atomic E-state index is 0.193. The number of nitrogens with zero attached hydrogens (tertiary/aromatic N) is 2. The summed E-state index contributed by atoms with van der Waals surface area (Å²) in [7, 11) is 0. The molecule has 3 nitrogen and oxygen atoms in total. The van der Waals surface area contributed by atoms with Crippen LogP contribution in [0.15, 0.2) is 24.4 Å². The standard InChI is InChI=1S/C10H8N2O/c13-10-4-3-7-6-8-9(12(7)10)2-1-5-11-8/h1-2,5-6H,3-4H2. The van der Waals surface area contributed by atoms with E-state index >= 15 is 0 Å². The van der Waals surface area contributed by atoms with Crippen LogP contribution in [0.3, 0.4) is 0 Å². The van der Waals surface area contributed by atoms with Gasteiger partial charge < -0.3 is 0 Å². The normalized spacial score (nSPS) is 15.2. The lowest BCUT2D eigenvalue weighted by molar-refractivity contribution is 0.0928. The van der Waals surface area contributed by atoms with Crippen molar-refractivity contribution in [2.24, 2.45) is 0 Å². The third kappa shape index (κ3) is 0.786. The molecular formula is C10H8N2O. The van der Waals surface area contributed by atoms with Crippen LogP contribution in [0, 0.1) is 0 Å². The summed E-state index contributed by atoms with van der Waals surface area (Å²) in [6.07, 6.45) is 3.25. The maximum Gasteiger partial charge on any atom is 0.231 e. The molecule has 0 unspecified atom stereocenters. The number of hydrogen-bond donors (Lipinski definition) is 0. The quantitative estimate of drug-likeness (QED) is 0.605. The molecule has 0 radical (unpaired) electrons. The lowest BCUT2D eigenvalue weighted by Crippen LogP contribution is -2.02. The van der Waals surface area contributed by atoms with Gasteiger partial charge in [0.2, 0.25) is 5.91 Å². The molecule has 0 amide bonds. The molecule has 0 fully saturated rings. The molecule has 0 aromatic carbocycles. The maximum atomic E-state index is 11.5. The van der Waals surface area contributed by atoms with Crippen LogP contribution in [0.2, 0.25) is 0 Å². The lowest BCUT2D eigenvalue weighted by Gasteiger charge is -1.96. The Balaban J connectivity index is 2.46. The summed E-state index contributed by atoms with van der Waals surface area (Å²) in [5.41, 5.74) is 2.96. The van der Waals surface area contributed by atoms with E-state index in [-0.39, 0.29) is 5.91 Å². The van der Waals surface area contributed by atoms with Crippen LogP contribution in [-0.2, 0) is 6.42 Å². The second-order valence-electron chi connectivity index (χ2n) is 3.27. The van der Waals surface area contributed by atoms with E-state index in [0.717, 1.165) is 23.1 Å². The van der Waals surface area contributed by atoms with Crippen molar-refractivity contribution in [1.82, 2.24) is 9.55 Å². The minimum atomic E-state index is 0.193. The number of carbonyl (C=O) groups excluding carboxylic acids is 1. The highest BCUT2D eigenvalue weighted by Crippen LogP contribution is 2.23. The Labute approximate surface area is 75.0 Å². The molecule has 0 aliphatic carbocycles. The van der Waals surface area contributed by atoms with Crippen molar-refractivity contribution in [2.75, 3.05) is 0 Å². The zero-order valence-corrected chi connectivity index (χ0v) is 7.03. The molecule has 1 aliphatic heterocycles. The van der Waals surface area contributed by atoms with E-state index in [1.165, 1.54) is 0 Å². The summed E-state index contributed by atoms with van der Waals surface area (Å²) in [5.74, 6) is 0.193. The van der Waals surface area contributed by atoms with E-state index < -0.39 is 0 Å². The molecule has 0 atom stereocenters. The average Bonchev–Trinajstić information content (AvgIpc) is 2.66. The third-order valence-electron chi connectivity index (χ3n) is 2.49. The summed E-state index contributed by atoms with van der Waals surface area (Å²) >= 11 is 0. The number of aryl methyl sites for hydroxylation is 1. The van der Waals surface area contributed by atoms with Gasteiger partial charge in [-0.3, -0.25) is 14.3 Å². The largest absolute Gasteiger partial charge is 0.283 e. The van der Waals surface area contributed by atoms with Crippen molar-refractivity contribution in [3.05, 3.63) is 30.1 Å². The van der Waals surface area contributed by atoms with Gasteiger partial charge in [-0.05, 0) is 24.6 Å². The van der Waals surface area contributed by atoms with Crippen molar-refractivity contribution < 1.29 is 4.79 Å². The molecule has 2 aromatic heterocycles. The highest BCUT2D eigenvalue weighted by Gasteiger charge is 2.21. The monoisotopic (exact) mass is 172 g/mol. The summed E-state index contributed by atoms with van der Waals surface area (Å²) in [5, 5.41) is 0. The number of pyridine rings is 1. The topological polar surface area (TPSA) is 34.9 Å². The summed E-state index contributed by atoms with van der Waals surface area (Å²) < 4.78 is 1.78. The van der Waals surface area contributed by atoms with Gasteiger partial charge in [0.15, 0.2) is 0 Å². The van der Waals surface area contributed by atoms with Crippen LogP contribution < -0.4 is 0 Å². The Kier molecular flexibility index (Phi) is 1.15. The summed E-state index contributed by atoms with van der Waals surface area (Å²) in [4.78, 5) is 15.7. The fourth-order valence-electron chi connectivity index (χ4n) is 1.91. The molecule has 0 saturated heterocycles. The first-order valence-corrected chi connectivity index (χ1v) is 4.35. The van der Waals surface area contributed by atoms with Gasteiger partial charge in [-0.25, -0.2) is 0 Å². The SMILES string of the molecule is O=C1CCc2cc3ncccc3n21. The molecule has 0 saturated carbocycles. The number of carbonyl (C=O) groups is 1. The number of fused-ring (bicyclic) bond motifs is 3. The fraction of sp³-hybridized carbons (Fsp3) is 0.200. The van der Waals surface area contributed by atoms with E-state index in [2.05, 4.69) is 4.98 Å². The van der Waals surface area contributed by atoms with Crippen LogP contribution in [0.5, 0.6) is 0 Å². The van der Waals surface area contributed by atoms with Crippen molar-refractivity contribution in [2.45, 2.75) is 12.8 Å². The molecule has 1 aliphatic rings. The molecule has 0 N–H and O–H groups in total. The van der Waals surface area contributed by atoms with Gasteiger partial charge in [-0.15, -0.1) is 0 Å².